The zero-order valence-electron chi connectivity index (χ0n) is 30.8. The number of esters is 1. The van der Waals surface area contributed by atoms with Crippen LogP contribution in [0.15, 0.2) is 83.7 Å². The second kappa shape index (κ2) is 15.1. The van der Waals surface area contributed by atoms with Crippen LogP contribution in [0.2, 0.25) is 5.02 Å². The van der Waals surface area contributed by atoms with Crippen LogP contribution in [0.5, 0.6) is 5.88 Å². The van der Waals surface area contributed by atoms with Gasteiger partial charge >= 0.3 is 12.1 Å². The molecule has 0 radical (unpaired) electrons. The highest BCUT2D eigenvalue weighted by atomic mass is 35.5. The van der Waals surface area contributed by atoms with E-state index in [4.69, 9.17) is 25.8 Å². The van der Waals surface area contributed by atoms with E-state index in [9.17, 15) is 24.0 Å². The van der Waals surface area contributed by atoms with Gasteiger partial charge in [0.2, 0.25) is 11.8 Å². The zero-order chi connectivity index (χ0) is 38.8. The fraction of sp³-hybridized carbons (Fsp3) is 0.300. The maximum atomic E-state index is 14.2. The standard InChI is InChI=1S/C40H41ClN4O8/c1-23(46)28-16-14-26(41)21-29(28)30-22-34(47)45(43-36(30)51-8)32(18-24-12-10-9-11-13-24)35(48)42-27-15-17-31-25(19-27)20-33(37(49)52-39(2,3)4)44(31)38(50)53-40(5,6)7/h9-17,19-22,32H,18H2,1-8H3,(H,42,48). The molecule has 5 aromatic rings. The van der Waals surface area contributed by atoms with Crippen LogP contribution in [0, 0.1) is 0 Å². The Hall–Kier alpha value is -5.75. The summed E-state index contributed by atoms with van der Waals surface area (Å²) in [5, 5.41) is 8.14. The number of nitrogens with zero attached hydrogens (tertiary/aromatic N) is 3. The normalized spacial score (nSPS) is 12.2. The molecule has 0 aliphatic rings. The fourth-order valence-electron chi connectivity index (χ4n) is 5.70. The van der Waals surface area contributed by atoms with Crippen molar-refractivity contribution < 1.29 is 33.4 Å². The van der Waals surface area contributed by atoms with Crippen LogP contribution in [-0.2, 0) is 20.7 Å². The lowest BCUT2D eigenvalue weighted by Crippen LogP contribution is -2.36. The van der Waals surface area contributed by atoms with Gasteiger partial charge in [0.1, 0.15) is 22.9 Å². The lowest BCUT2D eigenvalue weighted by atomic mass is 9.98. The smallest absolute Gasteiger partial charge is 0.419 e. The van der Waals surface area contributed by atoms with E-state index in [2.05, 4.69) is 10.4 Å². The molecule has 2 aromatic heterocycles. The summed E-state index contributed by atoms with van der Waals surface area (Å²) in [5.41, 5.74) is -0.0270. The second-order valence-electron chi connectivity index (χ2n) is 14.4. The molecular formula is C40H41ClN4O8. The van der Waals surface area contributed by atoms with E-state index < -0.39 is 40.8 Å². The molecule has 0 bridgehead atoms. The highest BCUT2D eigenvalue weighted by Crippen LogP contribution is 2.33. The van der Waals surface area contributed by atoms with Gasteiger partial charge in [0, 0.05) is 34.1 Å². The van der Waals surface area contributed by atoms with Gasteiger partial charge < -0.3 is 19.5 Å². The average Bonchev–Trinajstić information content (AvgIpc) is 3.45. The number of Topliss-reactive ketones (excluding diaryl/α,β-unsaturated/α-hetero) is 1. The maximum Gasteiger partial charge on any atom is 0.419 e. The Morgan fingerprint density at radius 2 is 1.53 bits per heavy atom. The van der Waals surface area contributed by atoms with E-state index in [0.717, 1.165) is 14.8 Å². The summed E-state index contributed by atoms with van der Waals surface area (Å²) >= 11 is 6.27. The van der Waals surface area contributed by atoms with Crippen LogP contribution in [0.3, 0.4) is 0 Å². The summed E-state index contributed by atoms with van der Waals surface area (Å²) in [5.74, 6) is -1.56. The van der Waals surface area contributed by atoms with E-state index in [-0.39, 0.29) is 29.3 Å². The predicted molar refractivity (Wildman–Crippen MR) is 202 cm³/mol. The molecule has 1 atom stereocenters. The number of anilines is 1. The summed E-state index contributed by atoms with van der Waals surface area (Å²) in [4.78, 5) is 67.1. The van der Waals surface area contributed by atoms with Crippen molar-refractivity contribution in [1.82, 2.24) is 14.3 Å². The first-order chi connectivity index (χ1) is 24.8. The van der Waals surface area contributed by atoms with Crippen LogP contribution >= 0.6 is 11.6 Å². The van der Waals surface area contributed by atoms with Crippen LogP contribution in [0.1, 0.15) is 80.9 Å². The number of benzene rings is 3. The molecule has 3 aromatic carbocycles. The Balaban J connectivity index is 1.57. The minimum atomic E-state index is -1.17. The van der Waals surface area contributed by atoms with Crippen LogP contribution < -0.4 is 15.6 Å². The number of methoxy groups -OCH3 is 1. The number of carbonyl (C=O) groups excluding carboxylic acids is 4. The van der Waals surface area contributed by atoms with E-state index in [0.29, 0.717) is 32.7 Å². The quantitative estimate of drug-likeness (QED) is 0.118. The lowest BCUT2D eigenvalue weighted by Gasteiger charge is -2.22. The molecule has 5 rings (SSSR count). The topological polar surface area (TPSA) is 148 Å². The van der Waals surface area contributed by atoms with Crippen LogP contribution in [0.4, 0.5) is 10.5 Å². The minimum Gasteiger partial charge on any atom is -0.480 e. The third-order valence-corrected chi connectivity index (χ3v) is 8.13. The number of aromatic nitrogens is 3. The Morgan fingerprint density at radius 1 is 0.849 bits per heavy atom. The Kier molecular flexibility index (Phi) is 10.9. The van der Waals surface area contributed by atoms with E-state index in [1.165, 1.54) is 26.2 Å². The van der Waals surface area contributed by atoms with E-state index >= 15 is 0 Å². The molecule has 0 aliphatic carbocycles. The molecule has 12 nitrogen and oxygen atoms in total. The largest absolute Gasteiger partial charge is 0.480 e. The maximum absolute atomic E-state index is 14.2. The molecule has 53 heavy (non-hydrogen) atoms. The van der Waals surface area contributed by atoms with Crippen LogP contribution in [0.25, 0.3) is 22.0 Å². The molecule has 276 valence electrons. The lowest BCUT2D eigenvalue weighted by molar-refractivity contribution is -0.119. The number of nitrogens with one attached hydrogen (secondary N) is 1. The van der Waals surface area contributed by atoms with Crippen molar-refractivity contribution in [2.45, 2.75) is 72.1 Å². The summed E-state index contributed by atoms with van der Waals surface area (Å²) < 4.78 is 19.0. The van der Waals surface area contributed by atoms with Crippen molar-refractivity contribution in [3.8, 4) is 17.0 Å². The highest BCUT2D eigenvalue weighted by molar-refractivity contribution is 6.31. The molecule has 0 fully saturated rings. The molecule has 1 N–H and O–H groups in total. The number of rotatable bonds is 9. The molecule has 0 saturated heterocycles. The van der Waals surface area contributed by atoms with Gasteiger partial charge in [-0.25, -0.2) is 18.8 Å². The number of hydrogen-bond donors (Lipinski definition) is 1. The van der Waals surface area contributed by atoms with Crippen molar-refractivity contribution in [3.05, 3.63) is 111 Å². The predicted octanol–water partition coefficient (Wildman–Crippen LogP) is 7.89. The van der Waals surface area contributed by atoms with Gasteiger partial charge in [-0.15, -0.1) is 5.10 Å². The van der Waals surface area contributed by atoms with Crippen molar-refractivity contribution in [1.29, 1.82) is 0 Å². The van der Waals surface area contributed by atoms with Gasteiger partial charge in [-0.05, 0) is 102 Å². The monoisotopic (exact) mass is 740 g/mol. The fourth-order valence-corrected chi connectivity index (χ4v) is 5.87. The molecular weight excluding hydrogens is 700 g/mol. The average molecular weight is 741 g/mol. The van der Waals surface area contributed by atoms with Gasteiger partial charge in [-0.1, -0.05) is 41.9 Å². The van der Waals surface area contributed by atoms with Gasteiger partial charge in [0.15, 0.2) is 5.78 Å². The molecule has 1 amide bonds. The van der Waals surface area contributed by atoms with Gasteiger partial charge in [0.25, 0.3) is 5.56 Å². The van der Waals surface area contributed by atoms with Gasteiger partial charge in [-0.3, -0.25) is 14.4 Å². The summed E-state index contributed by atoms with van der Waals surface area (Å²) in [7, 11) is 1.37. The van der Waals surface area contributed by atoms with E-state index in [1.54, 1.807) is 77.9 Å². The first kappa shape index (κ1) is 38.5. The summed E-state index contributed by atoms with van der Waals surface area (Å²) in [6.07, 6.45) is -0.693. The summed E-state index contributed by atoms with van der Waals surface area (Å²) in [6.45, 7) is 11.7. The third kappa shape index (κ3) is 9.01. The summed E-state index contributed by atoms with van der Waals surface area (Å²) in [6, 6.07) is 20.1. The molecule has 0 saturated carbocycles. The van der Waals surface area contributed by atoms with Crippen molar-refractivity contribution in [2.24, 2.45) is 0 Å². The molecule has 0 aliphatic heterocycles. The Morgan fingerprint density at radius 3 is 2.15 bits per heavy atom. The third-order valence-electron chi connectivity index (χ3n) is 7.89. The molecule has 1 unspecified atom stereocenters. The minimum absolute atomic E-state index is 0.000183. The highest BCUT2D eigenvalue weighted by Gasteiger charge is 2.30. The van der Waals surface area contributed by atoms with Gasteiger partial charge in [-0.2, -0.15) is 0 Å². The number of fused-ring (bicyclic) bond motifs is 1. The zero-order valence-corrected chi connectivity index (χ0v) is 31.5. The SMILES string of the molecule is COc1nn(C(Cc2ccccc2)C(=O)Nc2ccc3c(c2)cc(C(=O)OC(C)(C)C)n3C(=O)OC(C)(C)C)c(=O)cc1-c1cc(Cl)ccc1C(C)=O. The number of ketones is 1. The molecule has 13 heteroatoms. The van der Waals surface area contributed by atoms with Gasteiger partial charge in [0.05, 0.1) is 18.2 Å². The van der Waals surface area contributed by atoms with Crippen molar-refractivity contribution in [2.75, 3.05) is 12.4 Å². The first-order valence-corrected chi connectivity index (χ1v) is 17.2. The van der Waals surface area contributed by atoms with Crippen LogP contribution in [-0.4, -0.2) is 56.4 Å². The number of ether oxygens (including phenoxy) is 3. The molecule has 0 spiro atoms. The number of hydrogen-bond acceptors (Lipinski definition) is 9. The Bertz CT molecular complexity index is 2280. The van der Waals surface area contributed by atoms with E-state index in [1.807, 2.05) is 30.3 Å². The second-order valence-corrected chi connectivity index (χ2v) is 14.8. The molecule has 2 heterocycles. The van der Waals surface area contributed by atoms with Crippen molar-refractivity contribution >= 4 is 51.9 Å². The number of halogens is 1. The first-order valence-electron chi connectivity index (χ1n) is 16.8. The number of amides is 1. The Labute approximate surface area is 311 Å². The van der Waals surface area contributed by atoms with Crippen molar-refractivity contribution in [3.63, 3.8) is 0 Å². The number of carbonyl (C=O) groups is 4.